The molecule has 0 unspecified atom stereocenters. The molecule has 0 atom stereocenters. The smallest absolute Gasteiger partial charge is 0.358 e. The highest BCUT2D eigenvalue weighted by Crippen LogP contribution is 2.34. The van der Waals surface area contributed by atoms with Crippen molar-refractivity contribution in [1.82, 2.24) is 4.98 Å². The summed E-state index contributed by atoms with van der Waals surface area (Å²) in [5, 5.41) is 11.1. The molecule has 3 rings (SSSR count). The quantitative estimate of drug-likeness (QED) is 0.640. The Hall–Kier alpha value is -1.74. The molecular formula is C14H7FINO3S. The van der Waals surface area contributed by atoms with Crippen LogP contribution in [-0.4, -0.2) is 16.1 Å². The summed E-state index contributed by atoms with van der Waals surface area (Å²) in [4.78, 5) is 16.1. The molecule has 0 spiro atoms. The molecule has 0 aliphatic heterocycles. The van der Waals surface area contributed by atoms with Gasteiger partial charge in [0.2, 0.25) is 5.89 Å². The predicted molar refractivity (Wildman–Crippen MR) is 84.9 cm³/mol. The fraction of sp³-hybridized carbons (Fsp3) is 0. The largest absolute Gasteiger partial charge is 0.476 e. The Morgan fingerprint density at radius 3 is 2.81 bits per heavy atom. The zero-order valence-electron chi connectivity index (χ0n) is 10.3. The number of carbonyl (C=O) groups is 1. The molecule has 0 aliphatic rings. The molecule has 2 heterocycles. The first-order valence-electron chi connectivity index (χ1n) is 5.79. The molecule has 0 amide bonds. The third-order valence-electron chi connectivity index (χ3n) is 2.74. The van der Waals surface area contributed by atoms with E-state index in [9.17, 15) is 14.3 Å². The van der Waals surface area contributed by atoms with Gasteiger partial charge in [-0.25, -0.2) is 14.2 Å². The Morgan fingerprint density at radius 1 is 1.38 bits per heavy atom. The maximum absolute atomic E-state index is 13.2. The predicted octanol–water partition coefficient (Wildman–Crippen LogP) is 4.51. The number of halogens is 2. The summed E-state index contributed by atoms with van der Waals surface area (Å²) in [5.41, 5.74) is 0.327. The third kappa shape index (κ3) is 2.70. The summed E-state index contributed by atoms with van der Waals surface area (Å²) >= 11 is 3.33. The van der Waals surface area contributed by atoms with Gasteiger partial charge in [-0.1, -0.05) is 6.07 Å². The first-order valence-corrected chi connectivity index (χ1v) is 7.75. The van der Waals surface area contributed by atoms with Crippen molar-refractivity contribution in [2.45, 2.75) is 0 Å². The van der Waals surface area contributed by atoms with E-state index in [1.807, 2.05) is 34.0 Å². The molecule has 0 aliphatic carbocycles. The van der Waals surface area contributed by atoms with Gasteiger partial charge in [0.05, 0.1) is 4.88 Å². The maximum atomic E-state index is 13.2. The molecule has 0 bridgehead atoms. The number of carboxylic acid groups (broad SMARTS) is 1. The number of thiophene rings is 1. The van der Waals surface area contributed by atoms with E-state index >= 15 is 0 Å². The summed E-state index contributed by atoms with van der Waals surface area (Å²) in [5.74, 6) is -1.19. The van der Waals surface area contributed by atoms with E-state index in [2.05, 4.69) is 4.98 Å². The van der Waals surface area contributed by atoms with E-state index < -0.39 is 11.8 Å². The van der Waals surface area contributed by atoms with Crippen molar-refractivity contribution >= 4 is 39.9 Å². The third-order valence-corrected chi connectivity index (χ3v) is 4.49. The SMILES string of the molecule is O=C(O)c1nc(-c2cccs2)oc1-c1ccc(F)cc1I. The highest BCUT2D eigenvalue weighted by Gasteiger charge is 2.23. The topological polar surface area (TPSA) is 63.3 Å². The van der Waals surface area contributed by atoms with Gasteiger partial charge < -0.3 is 9.52 Å². The van der Waals surface area contributed by atoms with Crippen molar-refractivity contribution in [1.29, 1.82) is 0 Å². The van der Waals surface area contributed by atoms with Crippen LogP contribution >= 0.6 is 33.9 Å². The van der Waals surface area contributed by atoms with Crippen molar-refractivity contribution in [2.75, 3.05) is 0 Å². The second-order valence-electron chi connectivity index (χ2n) is 4.10. The highest BCUT2D eigenvalue weighted by atomic mass is 127. The lowest BCUT2D eigenvalue weighted by molar-refractivity contribution is 0.0691. The van der Waals surface area contributed by atoms with Crippen LogP contribution in [0, 0.1) is 9.39 Å². The van der Waals surface area contributed by atoms with Crippen LogP contribution in [0.5, 0.6) is 0 Å². The van der Waals surface area contributed by atoms with Gasteiger partial charge >= 0.3 is 5.97 Å². The summed E-state index contributed by atoms with van der Waals surface area (Å²) < 4.78 is 19.4. The van der Waals surface area contributed by atoms with Gasteiger partial charge in [-0.15, -0.1) is 11.3 Å². The number of hydrogen-bond donors (Lipinski definition) is 1. The lowest BCUT2D eigenvalue weighted by atomic mass is 10.1. The Labute approximate surface area is 136 Å². The lowest BCUT2D eigenvalue weighted by Gasteiger charge is -2.01. The first-order chi connectivity index (χ1) is 10.1. The Kier molecular flexibility index (Phi) is 3.77. The van der Waals surface area contributed by atoms with Gasteiger partial charge in [0.15, 0.2) is 11.5 Å². The van der Waals surface area contributed by atoms with E-state index in [0.29, 0.717) is 9.13 Å². The van der Waals surface area contributed by atoms with Crippen molar-refractivity contribution in [3.8, 4) is 22.1 Å². The van der Waals surface area contributed by atoms with Gasteiger partial charge in [-0.2, -0.15) is 0 Å². The van der Waals surface area contributed by atoms with E-state index in [0.717, 1.165) is 4.88 Å². The van der Waals surface area contributed by atoms with Crippen LogP contribution < -0.4 is 0 Å². The van der Waals surface area contributed by atoms with Crippen LogP contribution in [0.2, 0.25) is 0 Å². The zero-order chi connectivity index (χ0) is 15.0. The molecule has 7 heteroatoms. The maximum Gasteiger partial charge on any atom is 0.358 e. The van der Waals surface area contributed by atoms with Crippen molar-refractivity contribution in [3.63, 3.8) is 0 Å². The van der Waals surface area contributed by atoms with Crippen molar-refractivity contribution < 1.29 is 18.7 Å². The van der Waals surface area contributed by atoms with Gasteiger partial charge in [0.25, 0.3) is 0 Å². The number of oxazole rings is 1. The van der Waals surface area contributed by atoms with Crippen LogP contribution in [-0.2, 0) is 0 Å². The van der Waals surface area contributed by atoms with Crippen molar-refractivity contribution in [3.05, 3.63) is 50.8 Å². The Morgan fingerprint density at radius 2 is 2.19 bits per heavy atom. The molecule has 3 aromatic rings. The minimum absolute atomic E-state index is 0.135. The molecule has 106 valence electrons. The summed E-state index contributed by atoms with van der Waals surface area (Å²) in [6.45, 7) is 0. The molecule has 1 N–H and O–H groups in total. The minimum atomic E-state index is -1.18. The molecular weight excluding hydrogens is 408 g/mol. The monoisotopic (exact) mass is 415 g/mol. The number of nitrogens with zero attached hydrogens (tertiary/aromatic N) is 1. The second kappa shape index (κ2) is 5.57. The lowest BCUT2D eigenvalue weighted by Crippen LogP contribution is -1.99. The molecule has 0 saturated carbocycles. The Balaban J connectivity index is 2.19. The number of aromatic carboxylic acids is 1. The molecule has 21 heavy (non-hydrogen) atoms. The summed E-state index contributed by atoms with van der Waals surface area (Å²) in [6, 6.07) is 7.68. The molecule has 1 aromatic carbocycles. The molecule has 0 radical (unpaired) electrons. The number of benzene rings is 1. The first kappa shape index (κ1) is 14.2. The average molecular weight is 415 g/mol. The zero-order valence-corrected chi connectivity index (χ0v) is 13.3. The van der Waals surface area contributed by atoms with Crippen LogP contribution in [0.1, 0.15) is 10.5 Å². The number of rotatable bonds is 3. The minimum Gasteiger partial charge on any atom is -0.476 e. The van der Waals surface area contributed by atoms with E-state index in [4.69, 9.17) is 4.42 Å². The van der Waals surface area contributed by atoms with Crippen LogP contribution in [0.25, 0.3) is 22.1 Å². The molecule has 0 fully saturated rings. The van der Waals surface area contributed by atoms with E-state index in [1.54, 1.807) is 6.07 Å². The summed E-state index contributed by atoms with van der Waals surface area (Å²) in [7, 11) is 0. The second-order valence-corrected chi connectivity index (χ2v) is 6.21. The highest BCUT2D eigenvalue weighted by molar-refractivity contribution is 14.1. The fourth-order valence-electron chi connectivity index (χ4n) is 1.83. The standard InChI is InChI=1S/C14H7FINO3S/c15-7-3-4-8(9(16)6-7)12-11(14(18)19)17-13(20-12)10-2-1-5-21-10/h1-6H,(H,18,19). The fourth-order valence-corrected chi connectivity index (χ4v) is 3.20. The molecule has 4 nitrogen and oxygen atoms in total. The van der Waals surface area contributed by atoms with Gasteiger partial charge in [-0.05, 0) is 52.2 Å². The average Bonchev–Trinajstić information content (AvgIpc) is 3.07. The number of aromatic nitrogens is 1. The normalized spacial score (nSPS) is 10.8. The number of hydrogen-bond acceptors (Lipinski definition) is 4. The van der Waals surface area contributed by atoms with Crippen LogP contribution in [0.3, 0.4) is 0 Å². The van der Waals surface area contributed by atoms with Gasteiger partial charge in [0.1, 0.15) is 5.82 Å². The van der Waals surface area contributed by atoms with Crippen molar-refractivity contribution in [2.24, 2.45) is 0 Å². The molecule has 2 aromatic heterocycles. The Bertz CT molecular complexity index is 814. The van der Waals surface area contributed by atoms with Gasteiger partial charge in [-0.3, -0.25) is 0 Å². The van der Waals surface area contributed by atoms with Gasteiger partial charge in [0, 0.05) is 9.13 Å². The van der Waals surface area contributed by atoms with Crippen LogP contribution in [0.4, 0.5) is 4.39 Å². The number of carboxylic acids is 1. The molecule has 0 saturated heterocycles. The van der Waals surface area contributed by atoms with E-state index in [1.165, 1.54) is 29.5 Å². The van der Waals surface area contributed by atoms with E-state index in [-0.39, 0.29) is 17.3 Å². The van der Waals surface area contributed by atoms with Crippen LogP contribution in [0.15, 0.2) is 40.1 Å². The summed E-state index contributed by atoms with van der Waals surface area (Å²) in [6.07, 6.45) is 0.